The third-order valence-corrected chi connectivity index (χ3v) is 9.81. The van der Waals surface area contributed by atoms with Crippen LogP contribution >= 0.6 is 0 Å². The molecule has 0 saturated carbocycles. The van der Waals surface area contributed by atoms with Gasteiger partial charge in [-0.1, -0.05) is 55.1 Å². The molecule has 0 bridgehead atoms. The molecule has 0 aliphatic heterocycles. The average molecular weight is 611 g/mol. The minimum Gasteiger partial charge on any atom is -0.459 e. The molecule has 0 aliphatic rings. The first kappa shape index (κ1) is 37.7. The molecule has 0 saturated heterocycles. The fourth-order valence-electron chi connectivity index (χ4n) is 5.41. The molecule has 0 fully saturated rings. The minimum absolute atomic E-state index is 0.132. The van der Waals surface area contributed by atoms with E-state index in [2.05, 4.69) is 139 Å². The van der Waals surface area contributed by atoms with Crippen molar-refractivity contribution in [1.29, 1.82) is 0 Å². The van der Waals surface area contributed by atoms with E-state index in [0.717, 1.165) is 70.0 Å². The van der Waals surface area contributed by atoms with Crippen LogP contribution in [-0.2, 0) is 35.7 Å². The Kier molecular flexibility index (Phi) is 13.4. The van der Waals surface area contributed by atoms with Crippen LogP contribution in [0.25, 0.3) is 0 Å². The summed E-state index contributed by atoms with van der Waals surface area (Å²) in [5, 5.41) is 0. The van der Waals surface area contributed by atoms with Crippen molar-refractivity contribution in [3.05, 3.63) is 83.4 Å². The SMILES string of the molecule is C=CC(=O)OC(CC[N+](C)(C)Cc1ccc(C[N+](C)(C)C(C)C)cc1)CC[N+](C)(C)Cc1ccc(C[N+](C)(C)C(C)C)cc1. The normalized spacial score (nSPS) is 13.2. The topological polar surface area (TPSA) is 26.3 Å². The van der Waals surface area contributed by atoms with Crippen molar-refractivity contribution in [1.82, 2.24) is 0 Å². The number of ether oxygens (including phenoxy) is 1. The van der Waals surface area contributed by atoms with Gasteiger partial charge in [0.2, 0.25) is 0 Å². The standard InChI is InChI=1S/C38H66N4O2/c1-14-38(43)44-37(23-25-39(6,7)27-33-15-19-35(20-16-33)29-41(10,11)31(2)3)24-26-40(8,9)28-34-17-21-36(22-18-34)30-42(12,13)32(4)5/h14-22,31-32,37H,1,23-30H2,2-13H3/q+4. The van der Waals surface area contributed by atoms with Gasteiger partial charge in [0.05, 0.1) is 81.6 Å². The van der Waals surface area contributed by atoms with Gasteiger partial charge in [-0.15, -0.1) is 0 Å². The summed E-state index contributed by atoms with van der Waals surface area (Å²) in [7, 11) is 18.2. The first-order valence-electron chi connectivity index (χ1n) is 16.5. The van der Waals surface area contributed by atoms with Gasteiger partial charge < -0.3 is 22.7 Å². The van der Waals surface area contributed by atoms with E-state index in [1.165, 1.54) is 28.3 Å². The van der Waals surface area contributed by atoms with E-state index in [1.807, 2.05) is 0 Å². The molecule has 6 nitrogen and oxygen atoms in total. The fourth-order valence-corrected chi connectivity index (χ4v) is 5.41. The molecule has 2 aromatic rings. The van der Waals surface area contributed by atoms with Crippen LogP contribution in [0.5, 0.6) is 0 Å². The molecule has 0 N–H and O–H groups in total. The molecule has 246 valence electrons. The van der Waals surface area contributed by atoms with Crippen LogP contribution in [0.2, 0.25) is 0 Å². The third-order valence-electron chi connectivity index (χ3n) is 9.81. The molecule has 0 spiro atoms. The predicted molar refractivity (Wildman–Crippen MR) is 185 cm³/mol. The number of benzene rings is 2. The van der Waals surface area contributed by atoms with E-state index >= 15 is 0 Å². The summed E-state index contributed by atoms with van der Waals surface area (Å²) in [5.41, 5.74) is 5.42. The molecule has 0 unspecified atom stereocenters. The monoisotopic (exact) mass is 611 g/mol. The Morgan fingerprint density at radius 2 is 0.909 bits per heavy atom. The first-order chi connectivity index (χ1) is 20.2. The van der Waals surface area contributed by atoms with Crippen molar-refractivity contribution in [2.75, 3.05) is 69.5 Å². The summed E-state index contributed by atoms with van der Waals surface area (Å²) >= 11 is 0. The van der Waals surface area contributed by atoms with Gasteiger partial charge in [-0.2, -0.15) is 0 Å². The zero-order chi connectivity index (χ0) is 33.3. The number of carbonyl (C=O) groups excluding carboxylic acids is 1. The van der Waals surface area contributed by atoms with Crippen molar-refractivity contribution in [3.63, 3.8) is 0 Å². The van der Waals surface area contributed by atoms with E-state index in [9.17, 15) is 4.79 Å². The Morgan fingerprint density at radius 3 is 1.18 bits per heavy atom. The molecule has 0 aromatic heterocycles. The number of carbonyl (C=O) groups is 1. The largest absolute Gasteiger partial charge is 0.459 e. The van der Waals surface area contributed by atoms with Gasteiger partial charge in [0.25, 0.3) is 0 Å². The maximum atomic E-state index is 12.2. The molecule has 6 heteroatoms. The van der Waals surface area contributed by atoms with Crippen LogP contribution in [0.4, 0.5) is 0 Å². The van der Waals surface area contributed by atoms with E-state index in [0.29, 0.717) is 12.1 Å². The molecule has 0 atom stereocenters. The summed E-state index contributed by atoms with van der Waals surface area (Å²) in [6.45, 7) is 18.5. The van der Waals surface area contributed by atoms with Crippen molar-refractivity contribution in [3.8, 4) is 0 Å². The fraction of sp³-hybridized carbons (Fsp3) is 0.605. The summed E-state index contributed by atoms with van der Waals surface area (Å²) in [4.78, 5) is 12.2. The maximum Gasteiger partial charge on any atom is 0.330 e. The number of quaternary nitrogens is 4. The van der Waals surface area contributed by atoms with E-state index in [-0.39, 0.29) is 12.1 Å². The summed E-state index contributed by atoms with van der Waals surface area (Å²) in [5.74, 6) is -0.331. The second kappa shape index (κ2) is 15.7. The zero-order valence-corrected chi connectivity index (χ0v) is 30.4. The molecular formula is C38H66N4O2+4. The number of hydrogen-bond acceptors (Lipinski definition) is 2. The van der Waals surface area contributed by atoms with Crippen LogP contribution < -0.4 is 0 Å². The highest BCUT2D eigenvalue weighted by molar-refractivity contribution is 5.81. The van der Waals surface area contributed by atoms with Gasteiger partial charge in [0.15, 0.2) is 0 Å². The molecule has 0 aliphatic carbocycles. The van der Waals surface area contributed by atoms with Gasteiger partial charge in [-0.05, 0) is 27.7 Å². The molecular weight excluding hydrogens is 544 g/mol. The highest BCUT2D eigenvalue weighted by atomic mass is 16.5. The van der Waals surface area contributed by atoms with Gasteiger partial charge in [-0.25, -0.2) is 4.79 Å². The van der Waals surface area contributed by atoms with Crippen LogP contribution in [0, 0.1) is 0 Å². The molecule has 0 amide bonds. The molecule has 2 rings (SSSR count). The second-order valence-electron chi connectivity index (χ2n) is 16.2. The van der Waals surface area contributed by atoms with Crippen molar-refractivity contribution >= 4 is 5.97 Å². The van der Waals surface area contributed by atoms with Gasteiger partial charge >= 0.3 is 5.97 Å². The van der Waals surface area contributed by atoms with Crippen molar-refractivity contribution < 1.29 is 27.5 Å². The van der Waals surface area contributed by atoms with Crippen molar-refractivity contribution in [2.24, 2.45) is 0 Å². The Hall–Kier alpha value is -2.51. The Bertz CT molecular complexity index is 1090. The van der Waals surface area contributed by atoms with Crippen LogP contribution in [-0.4, -0.2) is 112 Å². The van der Waals surface area contributed by atoms with Crippen molar-refractivity contribution in [2.45, 2.75) is 84.9 Å². The molecule has 44 heavy (non-hydrogen) atoms. The van der Waals surface area contributed by atoms with E-state index in [4.69, 9.17) is 4.74 Å². The average Bonchev–Trinajstić information content (AvgIpc) is 2.91. The minimum atomic E-state index is -0.331. The Balaban J connectivity index is 1.97. The van der Waals surface area contributed by atoms with Gasteiger partial charge in [-0.3, -0.25) is 0 Å². The van der Waals surface area contributed by atoms with Crippen LogP contribution in [0.15, 0.2) is 61.2 Å². The van der Waals surface area contributed by atoms with Gasteiger partial charge in [0.1, 0.15) is 32.3 Å². The van der Waals surface area contributed by atoms with Crippen LogP contribution in [0.1, 0.15) is 62.8 Å². The molecule has 0 heterocycles. The lowest BCUT2D eigenvalue weighted by Gasteiger charge is -2.35. The first-order valence-corrected chi connectivity index (χ1v) is 16.5. The lowest BCUT2D eigenvalue weighted by Crippen LogP contribution is -2.44. The Labute approximate surface area is 270 Å². The number of nitrogens with zero attached hydrogens (tertiary/aromatic N) is 4. The highest BCUT2D eigenvalue weighted by Crippen LogP contribution is 2.20. The number of rotatable bonds is 18. The second-order valence-corrected chi connectivity index (χ2v) is 16.2. The lowest BCUT2D eigenvalue weighted by molar-refractivity contribution is -0.924. The predicted octanol–water partition coefficient (Wildman–Crippen LogP) is 6.39. The smallest absolute Gasteiger partial charge is 0.330 e. The number of esters is 1. The van der Waals surface area contributed by atoms with E-state index < -0.39 is 0 Å². The van der Waals surface area contributed by atoms with Gasteiger partial charge in [0, 0.05) is 41.2 Å². The lowest BCUT2D eigenvalue weighted by atomic mass is 10.1. The number of hydrogen-bond donors (Lipinski definition) is 0. The summed E-state index contributed by atoms with van der Waals surface area (Å²) in [6.07, 6.45) is 2.80. The molecule has 2 aromatic carbocycles. The quantitative estimate of drug-likeness (QED) is 0.111. The zero-order valence-electron chi connectivity index (χ0n) is 30.4. The summed E-state index contributed by atoms with van der Waals surface area (Å²) in [6, 6.07) is 19.4. The Morgan fingerprint density at radius 1 is 0.614 bits per heavy atom. The maximum absolute atomic E-state index is 12.2. The summed E-state index contributed by atoms with van der Waals surface area (Å²) < 4.78 is 9.50. The molecule has 0 radical (unpaired) electrons. The highest BCUT2D eigenvalue weighted by Gasteiger charge is 2.26. The third kappa shape index (κ3) is 12.8. The van der Waals surface area contributed by atoms with Crippen LogP contribution in [0.3, 0.4) is 0 Å². The van der Waals surface area contributed by atoms with E-state index in [1.54, 1.807) is 0 Å².